The standard InChI is InChI=1S/C20H18F3N3O2/c21-20(22,23)14-7-5-13(6-8-14)9-10-25-18(27)12-26-11-16(19(24)28)15-3-1-2-4-17(15)26/h1-8,11H,9-10,12H2,(H2,24,28)(H,25,27). The summed E-state index contributed by atoms with van der Waals surface area (Å²) < 4.78 is 39.3. The van der Waals surface area contributed by atoms with Gasteiger partial charge in [-0.25, -0.2) is 0 Å². The number of nitrogens with two attached hydrogens (primary N) is 1. The van der Waals surface area contributed by atoms with E-state index in [0.29, 0.717) is 28.5 Å². The fourth-order valence-electron chi connectivity index (χ4n) is 2.99. The van der Waals surface area contributed by atoms with Crippen LogP contribution >= 0.6 is 0 Å². The summed E-state index contributed by atoms with van der Waals surface area (Å²) in [6, 6.07) is 12.0. The van der Waals surface area contributed by atoms with E-state index < -0.39 is 17.6 Å². The Bertz CT molecular complexity index is 1010. The van der Waals surface area contributed by atoms with Crippen molar-refractivity contribution in [3.63, 3.8) is 0 Å². The summed E-state index contributed by atoms with van der Waals surface area (Å²) in [5.41, 5.74) is 6.43. The topological polar surface area (TPSA) is 77.1 Å². The summed E-state index contributed by atoms with van der Waals surface area (Å²) in [5.74, 6) is -0.846. The summed E-state index contributed by atoms with van der Waals surface area (Å²) in [7, 11) is 0. The largest absolute Gasteiger partial charge is 0.416 e. The molecule has 0 aliphatic heterocycles. The maximum Gasteiger partial charge on any atom is 0.416 e. The Labute approximate surface area is 158 Å². The Morgan fingerprint density at radius 1 is 1.04 bits per heavy atom. The Balaban J connectivity index is 1.59. The lowest BCUT2D eigenvalue weighted by Gasteiger charge is -2.09. The number of rotatable bonds is 6. The van der Waals surface area contributed by atoms with Gasteiger partial charge in [-0.05, 0) is 30.2 Å². The van der Waals surface area contributed by atoms with Crippen molar-refractivity contribution in [2.45, 2.75) is 19.1 Å². The predicted molar refractivity (Wildman–Crippen MR) is 98.6 cm³/mol. The molecule has 0 unspecified atom stereocenters. The Hall–Kier alpha value is -3.29. The van der Waals surface area contributed by atoms with Gasteiger partial charge in [0.2, 0.25) is 5.91 Å². The van der Waals surface area contributed by atoms with Gasteiger partial charge in [-0.1, -0.05) is 30.3 Å². The van der Waals surface area contributed by atoms with Gasteiger partial charge in [0.25, 0.3) is 5.91 Å². The molecule has 2 amide bonds. The maximum atomic E-state index is 12.6. The number of fused-ring (bicyclic) bond motifs is 1. The van der Waals surface area contributed by atoms with Crippen molar-refractivity contribution in [1.82, 2.24) is 9.88 Å². The zero-order valence-corrected chi connectivity index (χ0v) is 14.8. The molecule has 5 nitrogen and oxygen atoms in total. The van der Waals surface area contributed by atoms with Gasteiger partial charge in [0, 0.05) is 23.6 Å². The van der Waals surface area contributed by atoms with Crippen LogP contribution in [0.5, 0.6) is 0 Å². The molecular weight excluding hydrogens is 371 g/mol. The molecule has 3 aromatic rings. The van der Waals surface area contributed by atoms with Gasteiger partial charge >= 0.3 is 6.18 Å². The Morgan fingerprint density at radius 3 is 2.36 bits per heavy atom. The molecule has 146 valence electrons. The van der Waals surface area contributed by atoms with Crippen molar-refractivity contribution < 1.29 is 22.8 Å². The molecule has 3 rings (SSSR count). The van der Waals surface area contributed by atoms with Crippen LogP contribution in [0, 0.1) is 0 Å². The molecule has 0 radical (unpaired) electrons. The van der Waals surface area contributed by atoms with E-state index >= 15 is 0 Å². The molecule has 0 aliphatic rings. The number of para-hydroxylation sites is 1. The smallest absolute Gasteiger partial charge is 0.366 e. The van der Waals surface area contributed by atoms with E-state index in [1.807, 2.05) is 0 Å². The number of benzene rings is 2. The van der Waals surface area contributed by atoms with Crippen molar-refractivity contribution in [3.8, 4) is 0 Å². The molecule has 0 spiro atoms. The SMILES string of the molecule is NC(=O)c1cn(CC(=O)NCCc2ccc(C(F)(F)F)cc2)c2ccccc12. The summed E-state index contributed by atoms with van der Waals surface area (Å²) >= 11 is 0. The number of aromatic nitrogens is 1. The van der Waals surface area contributed by atoms with E-state index in [2.05, 4.69) is 5.32 Å². The number of amides is 2. The van der Waals surface area contributed by atoms with E-state index in [1.54, 1.807) is 35.0 Å². The quantitative estimate of drug-likeness (QED) is 0.680. The minimum Gasteiger partial charge on any atom is -0.366 e. The highest BCUT2D eigenvalue weighted by Crippen LogP contribution is 2.29. The second kappa shape index (κ2) is 7.75. The van der Waals surface area contributed by atoms with Crippen LogP contribution in [0.15, 0.2) is 54.7 Å². The van der Waals surface area contributed by atoms with Gasteiger partial charge in [0.05, 0.1) is 11.1 Å². The van der Waals surface area contributed by atoms with Crippen LogP contribution in [0.3, 0.4) is 0 Å². The maximum absolute atomic E-state index is 12.6. The molecule has 3 N–H and O–H groups in total. The number of carbonyl (C=O) groups excluding carboxylic acids is 2. The number of nitrogens with one attached hydrogen (secondary N) is 1. The molecule has 0 saturated heterocycles. The average molecular weight is 389 g/mol. The van der Waals surface area contributed by atoms with Crippen molar-refractivity contribution in [2.24, 2.45) is 5.73 Å². The van der Waals surface area contributed by atoms with Crippen molar-refractivity contribution in [3.05, 3.63) is 71.4 Å². The molecule has 28 heavy (non-hydrogen) atoms. The first-order valence-electron chi connectivity index (χ1n) is 8.56. The molecule has 0 saturated carbocycles. The third-order valence-electron chi connectivity index (χ3n) is 4.39. The molecule has 0 aliphatic carbocycles. The van der Waals surface area contributed by atoms with Gasteiger partial charge in [-0.2, -0.15) is 13.2 Å². The molecule has 1 heterocycles. The summed E-state index contributed by atoms with van der Waals surface area (Å²) in [6.45, 7) is 0.285. The molecule has 8 heteroatoms. The number of alkyl halides is 3. The van der Waals surface area contributed by atoms with Crippen LogP contribution in [-0.2, 0) is 23.9 Å². The molecule has 2 aromatic carbocycles. The molecule has 0 fully saturated rings. The van der Waals surface area contributed by atoms with Crippen molar-refractivity contribution in [2.75, 3.05) is 6.54 Å². The van der Waals surface area contributed by atoms with Crippen LogP contribution in [0.25, 0.3) is 10.9 Å². The van der Waals surface area contributed by atoms with E-state index in [9.17, 15) is 22.8 Å². The fraction of sp³-hybridized carbons (Fsp3) is 0.200. The Morgan fingerprint density at radius 2 is 1.71 bits per heavy atom. The van der Waals surface area contributed by atoms with Gasteiger partial charge in [-0.15, -0.1) is 0 Å². The van der Waals surface area contributed by atoms with Gasteiger partial charge in [0.15, 0.2) is 0 Å². The van der Waals surface area contributed by atoms with Crippen LogP contribution in [0.2, 0.25) is 0 Å². The van der Waals surface area contributed by atoms with Crippen LogP contribution in [-0.4, -0.2) is 22.9 Å². The highest BCUT2D eigenvalue weighted by Gasteiger charge is 2.29. The molecule has 1 aromatic heterocycles. The minimum absolute atomic E-state index is 0.000798. The first kappa shape index (κ1) is 19.5. The number of halogens is 3. The predicted octanol–water partition coefficient (Wildman–Crippen LogP) is 3.12. The lowest BCUT2D eigenvalue weighted by molar-refractivity contribution is -0.137. The minimum atomic E-state index is -4.37. The van der Waals surface area contributed by atoms with Gasteiger partial charge in [-0.3, -0.25) is 9.59 Å². The Kier molecular flexibility index (Phi) is 5.39. The highest BCUT2D eigenvalue weighted by atomic mass is 19.4. The zero-order chi connectivity index (χ0) is 20.3. The monoisotopic (exact) mass is 389 g/mol. The second-order valence-corrected chi connectivity index (χ2v) is 6.35. The normalized spacial score (nSPS) is 11.5. The summed E-state index contributed by atoms with van der Waals surface area (Å²) in [4.78, 5) is 23.8. The van der Waals surface area contributed by atoms with Crippen LogP contribution in [0.1, 0.15) is 21.5 Å². The molecule has 0 bridgehead atoms. The van der Waals surface area contributed by atoms with Gasteiger partial charge < -0.3 is 15.6 Å². The molecular formula is C20H18F3N3O2. The number of primary amides is 1. The number of carbonyl (C=O) groups is 2. The summed E-state index contributed by atoms with van der Waals surface area (Å²) in [5, 5.41) is 3.40. The van der Waals surface area contributed by atoms with E-state index in [-0.39, 0.29) is 19.0 Å². The lowest BCUT2D eigenvalue weighted by atomic mass is 10.1. The average Bonchev–Trinajstić information content (AvgIpc) is 3.00. The van der Waals surface area contributed by atoms with E-state index in [4.69, 9.17) is 5.73 Å². The first-order chi connectivity index (χ1) is 13.3. The molecule has 0 atom stereocenters. The highest BCUT2D eigenvalue weighted by molar-refractivity contribution is 6.06. The summed E-state index contributed by atoms with van der Waals surface area (Å²) in [6.07, 6.45) is -2.42. The van der Waals surface area contributed by atoms with Gasteiger partial charge in [0.1, 0.15) is 6.54 Å². The van der Waals surface area contributed by atoms with Crippen molar-refractivity contribution in [1.29, 1.82) is 0 Å². The van der Waals surface area contributed by atoms with E-state index in [1.165, 1.54) is 12.1 Å². The van der Waals surface area contributed by atoms with Crippen LogP contribution < -0.4 is 11.1 Å². The number of hydrogen-bond donors (Lipinski definition) is 2. The number of hydrogen-bond acceptors (Lipinski definition) is 2. The first-order valence-corrected chi connectivity index (χ1v) is 8.56. The van der Waals surface area contributed by atoms with Crippen LogP contribution in [0.4, 0.5) is 13.2 Å². The third-order valence-corrected chi connectivity index (χ3v) is 4.39. The zero-order valence-electron chi connectivity index (χ0n) is 14.8. The lowest BCUT2D eigenvalue weighted by Crippen LogP contribution is -2.29. The second-order valence-electron chi connectivity index (χ2n) is 6.35. The fourth-order valence-corrected chi connectivity index (χ4v) is 2.99. The third kappa shape index (κ3) is 4.33. The van der Waals surface area contributed by atoms with Crippen molar-refractivity contribution >= 4 is 22.7 Å². The van der Waals surface area contributed by atoms with E-state index in [0.717, 1.165) is 12.1 Å². The number of nitrogens with zero attached hydrogens (tertiary/aromatic N) is 1.